The van der Waals surface area contributed by atoms with Gasteiger partial charge < -0.3 is 46.5 Å². The lowest BCUT2D eigenvalue weighted by molar-refractivity contribution is -0.134. The van der Waals surface area contributed by atoms with Crippen molar-refractivity contribution in [2.75, 3.05) is 53.6 Å². The standard InChI is InChI=1S/C33H54N6O9/c1-24(40)38-27(20-25-12-14-26(41)15-13-25)33(46)39-28(32(45)37-23-31(44)35-17-9-5-7-11-19-48-3)21-29(42)36-22-30(43)34-16-8-4-6-10-18-47-2/h12-15,27-28,41H,4-11,16-23H2,1-3H3,(H,34,43)(H,35,44)(H,36,42)(H,37,45)(H,38,40)(H,39,46). The Morgan fingerprint density at radius 2 is 1.15 bits per heavy atom. The average molecular weight is 679 g/mol. The molecule has 48 heavy (non-hydrogen) atoms. The SMILES string of the molecule is COCCCCCCNC(=O)CNC(=O)CC(NC(=O)C(Cc1ccc(O)cc1)NC(C)=O)C(=O)NCC(=O)NCCCCCCOC. The van der Waals surface area contributed by atoms with Gasteiger partial charge in [-0.3, -0.25) is 28.8 Å². The second kappa shape index (κ2) is 25.8. The Balaban J connectivity index is 2.78. The van der Waals surface area contributed by atoms with Crippen LogP contribution in [-0.2, 0) is 44.7 Å². The monoisotopic (exact) mass is 678 g/mol. The van der Waals surface area contributed by atoms with Gasteiger partial charge in [0.25, 0.3) is 0 Å². The van der Waals surface area contributed by atoms with Crippen molar-refractivity contribution in [1.29, 1.82) is 0 Å². The predicted molar refractivity (Wildman–Crippen MR) is 179 cm³/mol. The van der Waals surface area contributed by atoms with Gasteiger partial charge in [0.15, 0.2) is 0 Å². The molecule has 15 nitrogen and oxygen atoms in total. The molecule has 2 atom stereocenters. The molecule has 7 N–H and O–H groups in total. The van der Waals surface area contributed by atoms with Gasteiger partial charge in [-0.2, -0.15) is 0 Å². The van der Waals surface area contributed by atoms with E-state index in [9.17, 15) is 33.9 Å². The fourth-order valence-electron chi connectivity index (χ4n) is 4.56. The molecule has 0 aliphatic heterocycles. The van der Waals surface area contributed by atoms with Gasteiger partial charge in [-0.1, -0.05) is 37.8 Å². The summed E-state index contributed by atoms with van der Waals surface area (Å²) in [6.45, 7) is 2.77. The van der Waals surface area contributed by atoms with Gasteiger partial charge in [0.2, 0.25) is 35.4 Å². The number of hydrogen-bond donors (Lipinski definition) is 7. The fourth-order valence-corrected chi connectivity index (χ4v) is 4.56. The van der Waals surface area contributed by atoms with Crippen LogP contribution in [0.3, 0.4) is 0 Å². The first-order chi connectivity index (χ1) is 23.0. The van der Waals surface area contributed by atoms with Gasteiger partial charge >= 0.3 is 0 Å². The number of aromatic hydroxyl groups is 1. The van der Waals surface area contributed by atoms with Crippen LogP contribution in [0.2, 0.25) is 0 Å². The van der Waals surface area contributed by atoms with Crippen LogP contribution in [0, 0.1) is 0 Å². The topological polar surface area (TPSA) is 213 Å². The predicted octanol–water partition coefficient (Wildman–Crippen LogP) is 0.193. The van der Waals surface area contributed by atoms with E-state index in [1.807, 2.05) is 0 Å². The summed E-state index contributed by atoms with van der Waals surface area (Å²) in [5.74, 6) is -3.53. The molecule has 0 bridgehead atoms. The van der Waals surface area contributed by atoms with Crippen molar-refractivity contribution in [3.05, 3.63) is 29.8 Å². The smallest absolute Gasteiger partial charge is 0.243 e. The Bertz CT molecular complexity index is 1130. The number of amides is 6. The third-order valence-electron chi connectivity index (χ3n) is 7.16. The molecule has 0 aliphatic rings. The van der Waals surface area contributed by atoms with E-state index in [0.29, 0.717) is 31.9 Å². The third kappa shape index (κ3) is 20.8. The third-order valence-corrected chi connectivity index (χ3v) is 7.16. The van der Waals surface area contributed by atoms with E-state index in [2.05, 4.69) is 31.9 Å². The second-order valence-electron chi connectivity index (χ2n) is 11.4. The maximum absolute atomic E-state index is 13.3. The molecule has 0 aliphatic carbocycles. The summed E-state index contributed by atoms with van der Waals surface area (Å²) in [6, 6.07) is 3.50. The molecule has 1 rings (SSSR count). The Labute approximate surface area is 283 Å². The molecular weight excluding hydrogens is 624 g/mol. The van der Waals surface area contributed by atoms with Gasteiger partial charge in [-0.05, 0) is 43.4 Å². The van der Waals surface area contributed by atoms with Gasteiger partial charge in [0.05, 0.1) is 19.5 Å². The van der Waals surface area contributed by atoms with Crippen molar-refractivity contribution in [3.63, 3.8) is 0 Å². The number of hydrogen-bond acceptors (Lipinski definition) is 9. The lowest BCUT2D eigenvalue weighted by Gasteiger charge is -2.23. The van der Waals surface area contributed by atoms with Crippen LogP contribution in [0.25, 0.3) is 0 Å². The number of carbonyl (C=O) groups excluding carboxylic acids is 6. The number of carbonyl (C=O) groups is 6. The maximum atomic E-state index is 13.3. The zero-order chi connectivity index (χ0) is 35.6. The summed E-state index contributed by atoms with van der Waals surface area (Å²) < 4.78 is 10.0. The number of rotatable bonds is 26. The van der Waals surface area contributed by atoms with Crippen molar-refractivity contribution in [2.24, 2.45) is 0 Å². The van der Waals surface area contributed by atoms with E-state index in [-0.39, 0.29) is 25.3 Å². The summed E-state index contributed by atoms with van der Waals surface area (Å²) in [4.78, 5) is 75.7. The molecule has 0 radical (unpaired) electrons. The lowest BCUT2D eigenvalue weighted by atomic mass is 10.0. The van der Waals surface area contributed by atoms with E-state index < -0.39 is 53.9 Å². The van der Waals surface area contributed by atoms with Crippen molar-refractivity contribution in [3.8, 4) is 5.75 Å². The van der Waals surface area contributed by atoms with Crippen LogP contribution in [0.4, 0.5) is 0 Å². The van der Waals surface area contributed by atoms with Crippen LogP contribution < -0.4 is 31.9 Å². The highest BCUT2D eigenvalue weighted by Crippen LogP contribution is 2.12. The molecule has 1 aromatic rings. The van der Waals surface area contributed by atoms with Gasteiger partial charge in [0, 0.05) is 53.9 Å². The van der Waals surface area contributed by atoms with Crippen LogP contribution in [0.15, 0.2) is 24.3 Å². The van der Waals surface area contributed by atoms with Gasteiger partial charge in [-0.25, -0.2) is 0 Å². The number of ether oxygens (including phenoxy) is 2. The molecule has 6 amide bonds. The first kappa shape index (κ1) is 41.8. The second-order valence-corrected chi connectivity index (χ2v) is 11.4. The molecule has 0 saturated carbocycles. The van der Waals surface area contributed by atoms with Crippen molar-refractivity contribution < 1.29 is 43.3 Å². The molecule has 0 fully saturated rings. The molecule has 0 aromatic heterocycles. The van der Waals surface area contributed by atoms with E-state index in [1.165, 1.54) is 19.1 Å². The summed E-state index contributed by atoms with van der Waals surface area (Å²) in [5, 5.41) is 25.0. The van der Waals surface area contributed by atoms with Gasteiger partial charge in [-0.15, -0.1) is 0 Å². The van der Waals surface area contributed by atoms with Crippen molar-refractivity contribution in [2.45, 2.75) is 83.2 Å². The highest BCUT2D eigenvalue weighted by atomic mass is 16.5. The van der Waals surface area contributed by atoms with Crippen molar-refractivity contribution >= 4 is 35.4 Å². The molecule has 0 spiro atoms. The Kier molecular flexibility index (Phi) is 22.5. The molecule has 0 saturated heterocycles. The number of methoxy groups -OCH3 is 2. The normalized spacial score (nSPS) is 11.9. The highest BCUT2D eigenvalue weighted by Gasteiger charge is 2.28. The minimum absolute atomic E-state index is 0.0276. The number of unbranched alkanes of at least 4 members (excludes halogenated alkanes) is 6. The van der Waals surface area contributed by atoms with Crippen LogP contribution in [0.1, 0.15) is 70.3 Å². The highest BCUT2D eigenvalue weighted by molar-refractivity contribution is 5.96. The number of phenolic OH excluding ortho intramolecular Hbond substituents is 1. The number of phenols is 1. The molecule has 15 heteroatoms. The summed E-state index contributed by atoms with van der Waals surface area (Å²) in [7, 11) is 3.29. The quantitative estimate of drug-likeness (QED) is 0.0666. The van der Waals surface area contributed by atoms with E-state index >= 15 is 0 Å². The van der Waals surface area contributed by atoms with E-state index in [4.69, 9.17) is 9.47 Å². The van der Waals surface area contributed by atoms with Crippen LogP contribution in [0.5, 0.6) is 5.75 Å². The molecule has 0 heterocycles. The first-order valence-electron chi connectivity index (χ1n) is 16.5. The zero-order valence-corrected chi connectivity index (χ0v) is 28.5. The number of nitrogens with one attached hydrogen (secondary N) is 6. The maximum Gasteiger partial charge on any atom is 0.243 e. The Morgan fingerprint density at radius 3 is 1.67 bits per heavy atom. The Hall–Kier alpha value is -4.24. The molecule has 270 valence electrons. The fraction of sp³-hybridized carbons (Fsp3) is 0.636. The minimum Gasteiger partial charge on any atom is -0.508 e. The molecule has 1 aromatic carbocycles. The lowest BCUT2D eigenvalue weighted by Crippen LogP contribution is -2.56. The van der Waals surface area contributed by atoms with E-state index in [0.717, 1.165) is 51.4 Å². The first-order valence-corrected chi connectivity index (χ1v) is 16.5. The van der Waals surface area contributed by atoms with Crippen molar-refractivity contribution in [1.82, 2.24) is 31.9 Å². The number of benzene rings is 1. The largest absolute Gasteiger partial charge is 0.508 e. The Morgan fingerprint density at radius 1 is 0.625 bits per heavy atom. The van der Waals surface area contributed by atoms with Crippen LogP contribution in [-0.4, -0.2) is 106 Å². The summed E-state index contributed by atoms with van der Waals surface area (Å²) in [6.07, 6.45) is 6.68. The summed E-state index contributed by atoms with van der Waals surface area (Å²) >= 11 is 0. The average Bonchev–Trinajstić information content (AvgIpc) is 3.05. The van der Waals surface area contributed by atoms with E-state index in [1.54, 1.807) is 26.4 Å². The molecule has 2 unspecified atom stereocenters. The minimum atomic E-state index is -1.42. The summed E-state index contributed by atoms with van der Waals surface area (Å²) in [5.41, 5.74) is 0.622. The molecular formula is C33H54N6O9. The van der Waals surface area contributed by atoms with Gasteiger partial charge in [0.1, 0.15) is 17.8 Å². The zero-order valence-electron chi connectivity index (χ0n) is 28.5. The van der Waals surface area contributed by atoms with Crippen LogP contribution >= 0.6 is 0 Å².